The van der Waals surface area contributed by atoms with Crippen LogP contribution < -0.4 is 4.90 Å². The number of aryl methyl sites for hydroxylation is 1. The number of thioether (sulfide) groups is 1. The number of hydrogen-bond acceptors (Lipinski definition) is 5. The van der Waals surface area contributed by atoms with Crippen LogP contribution in [0.3, 0.4) is 0 Å². The Labute approximate surface area is 171 Å². The normalized spacial score (nSPS) is 18.4. The van der Waals surface area contributed by atoms with E-state index in [2.05, 4.69) is 34.2 Å². The Morgan fingerprint density at radius 2 is 1.86 bits per heavy atom. The van der Waals surface area contributed by atoms with Crippen molar-refractivity contribution in [3.63, 3.8) is 0 Å². The molecule has 6 heteroatoms. The van der Waals surface area contributed by atoms with Gasteiger partial charge in [-0.05, 0) is 42.2 Å². The van der Waals surface area contributed by atoms with Gasteiger partial charge in [-0.3, -0.25) is 9.69 Å². The van der Waals surface area contributed by atoms with Gasteiger partial charge in [0, 0.05) is 19.8 Å². The average molecular weight is 395 g/mol. The lowest BCUT2D eigenvalue weighted by Crippen LogP contribution is -2.31. The third-order valence-corrected chi connectivity index (χ3v) is 6.07. The number of nitrogens with zero attached hydrogens (tertiary/aromatic N) is 4. The average Bonchev–Trinajstić information content (AvgIpc) is 2.99. The molecule has 0 radical (unpaired) electrons. The number of rotatable bonds is 6. The SMILES string of the molecule is CCC1SC(=NN=Cc2ccc(N(C)C)cc2)N(Cc2ccccc2C)C1=O. The minimum atomic E-state index is -0.0858. The summed E-state index contributed by atoms with van der Waals surface area (Å²) in [4.78, 5) is 16.6. The number of carbonyl (C=O) groups is 1. The summed E-state index contributed by atoms with van der Waals surface area (Å²) in [5.41, 5.74) is 4.41. The first-order valence-corrected chi connectivity index (χ1v) is 10.3. The van der Waals surface area contributed by atoms with E-state index in [1.54, 1.807) is 11.1 Å². The molecule has 1 amide bonds. The molecule has 2 aromatic rings. The molecule has 0 aromatic heterocycles. The molecule has 1 fully saturated rings. The molecule has 1 atom stereocenters. The molecule has 2 aromatic carbocycles. The topological polar surface area (TPSA) is 48.3 Å². The van der Waals surface area contributed by atoms with Crippen molar-refractivity contribution < 1.29 is 4.79 Å². The highest BCUT2D eigenvalue weighted by molar-refractivity contribution is 8.15. The lowest BCUT2D eigenvalue weighted by Gasteiger charge is -2.17. The van der Waals surface area contributed by atoms with Crippen molar-refractivity contribution in [3.05, 3.63) is 65.2 Å². The highest BCUT2D eigenvalue weighted by Crippen LogP contribution is 2.31. The zero-order chi connectivity index (χ0) is 20.1. The van der Waals surface area contributed by atoms with E-state index in [0.29, 0.717) is 11.7 Å². The summed E-state index contributed by atoms with van der Waals surface area (Å²) in [6.45, 7) is 4.62. The predicted octanol–water partition coefficient (Wildman–Crippen LogP) is 4.31. The fourth-order valence-corrected chi connectivity index (χ4v) is 3.98. The van der Waals surface area contributed by atoms with Gasteiger partial charge in [0.05, 0.1) is 18.0 Å². The Morgan fingerprint density at radius 3 is 2.50 bits per heavy atom. The Balaban J connectivity index is 1.78. The van der Waals surface area contributed by atoms with E-state index in [9.17, 15) is 4.79 Å². The quantitative estimate of drug-likeness (QED) is 0.542. The third kappa shape index (κ3) is 4.62. The molecule has 1 saturated heterocycles. The molecular weight excluding hydrogens is 368 g/mol. The van der Waals surface area contributed by atoms with Crippen LogP contribution in [-0.2, 0) is 11.3 Å². The maximum Gasteiger partial charge on any atom is 0.242 e. The van der Waals surface area contributed by atoms with Crippen LogP contribution in [0.4, 0.5) is 5.69 Å². The fourth-order valence-electron chi connectivity index (χ4n) is 2.95. The second-order valence-electron chi connectivity index (χ2n) is 6.98. The minimum absolute atomic E-state index is 0.0858. The second kappa shape index (κ2) is 9.06. The van der Waals surface area contributed by atoms with Gasteiger partial charge in [0.15, 0.2) is 5.17 Å². The fraction of sp³-hybridized carbons (Fsp3) is 0.318. The predicted molar refractivity (Wildman–Crippen MR) is 119 cm³/mol. The molecule has 146 valence electrons. The van der Waals surface area contributed by atoms with E-state index < -0.39 is 0 Å². The van der Waals surface area contributed by atoms with Crippen LogP contribution in [0.1, 0.15) is 30.0 Å². The smallest absolute Gasteiger partial charge is 0.242 e. The number of anilines is 1. The maximum absolute atomic E-state index is 12.8. The van der Waals surface area contributed by atoms with Crippen molar-refractivity contribution >= 4 is 34.7 Å². The molecule has 1 unspecified atom stereocenters. The van der Waals surface area contributed by atoms with E-state index in [1.165, 1.54) is 17.3 Å². The highest BCUT2D eigenvalue weighted by Gasteiger charge is 2.37. The van der Waals surface area contributed by atoms with E-state index in [4.69, 9.17) is 0 Å². The third-order valence-electron chi connectivity index (χ3n) is 4.74. The van der Waals surface area contributed by atoms with E-state index in [1.807, 2.05) is 57.4 Å². The molecule has 3 rings (SSSR count). The largest absolute Gasteiger partial charge is 0.378 e. The van der Waals surface area contributed by atoms with Gasteiger partial charge in [0.1, 0.15) is 0 Å². The van der Waals surface area contributed by atoms with Crippen molar-refractivity contribution in [3.8, 4) is 0 Å². The highest BCUT2D eigenvalue weighted by atomic mass is 32.2. The van der Waals surface area contributed by atoms with Crippen LogP contribution in [0, 0.1) is 6.92 Å². The maximum atomic E-state index is 12.8. The van der Waals surface area contributed by atoms with Crippen LogP contribution in [0.15, 0.2) is 58.7 Å². The summed E-state index contributed by atoms with van der Waals surface area (Å²) < 4.78 is 0. The summed E-state index contributed by atoms with van der Waals surface area (Å²) in [6.07, 6.45) is 2.51. The van der Waals surface area contributed by atoms with Crippen LogP contribution in [-0.4, -0.2) is 41.5 Å². The van der Waals surface area contributed by atoms with Crippen LogP contribution in [0.5, 0.6) is 0 Å². The molecular formula is C22H26N4OS. The van der Waals surface area contributed by atoms with Gasteiger partial charge in [-0.15, -0.1) is 5.10 Å². The number of hydrogen-bond donors (Lipinski definition) is 0. The van der Waals surface area contributed by atoms with Crippen molar-refractivity contribution in [2.75, 3.05) is 19.0 Å². The summed E-state index contributed by atoms with van der Waals surface area (Å²) in [5.74, 6) is 0.111. The van der Waals surface area contributed by atoms with Crippen molar-refractivity contribution in [2.24, 2.45) is 10.2 Å². The van der Waals surface area contributed by atoms with Gasteiger partial charge < -0.3 is 4.90 Å². The molecule has 5 nitrogen and oxygen atoms in total. The Hall–Kier alpha value is -2.60. The molecule has 0 bridgehead atoms. The van der Waals surface area contributed by atoms with Crippen molar-refractivity contribution in [1.29, 1.82) is 0 Å². The molecule has 1 heterocycles. The van der Waals surface area contributed by atoms with Gasteiger partial charge >= 0.3 is 0 Å². The van der Waals surface area contributed by atoms with Crippen molar-refractivity contribution in [2.45, 2.75) is 32.1 Å². The van der Waals surface area contributed by atoms with Gasteiger partial charge in [-0.2, -0.15) is 5.10 Å². The second-order valence-corrected chi connectivity index (χ2v) is 8.15. The summed E-state index contributed by atoms with van der Waals surface area (Å²) in [7, 11) is 4.02. The molecule has 0 aliphatic carbocycles. The van der Waals surface area contributed by atoms with Gasteiger partial charge in [0.2, 0.25) is 5.91 Å². The number of amidine groups is 1. The van der Waals surface area contributed by atoms with E-state index in [-0.39, 0.29) is 11.2 Å². The Kier molecular flexibility index (Phi) is 6.52. The molecule has 1 aliphatic heterocycles. The Bertz CT molecular complexity index is 890. The lowest BCUT2D eigenvalue weighted by atomic mass is 10.1. The van der Waals surface area contributed by atoms with Crippen LogP contribution in [0.2, 0.25) is 0 Å². The zero-order valence-electron chi connectivity index (χ0n) is 16.8. The number of carbonyl (C=O) groups excluding carboxylic acids is 1. The number of benzene rings is 2. The molecule has 0 saturated carbocycles. The molecule has 28 heavy (non-hydrogen) atoms. The molecule has 1 aliphatic rings. The van der Waals surface area contributed by atoms with Gasteiger partial charge in [-0.1, -0.05) is 55.1 Å². The first-order valence-electron chi connectivity index (χ1n) is 9.40. The minimum Gasteiger partial charge on any atom is -0.378 e. The van der Waals surface area contributed by atoms with E-state index >= 15 is 0 Å². The first kappa shape index (κ1) is 20.1. The summed E-state index contributed by atoms with van der Waals surface area (Å²) >= 11 is 1.50. The summed E-state index contributed by atoms with van der Waals surface area (Å²) in [6, 6.07) is 16.2. The van der Waals surface area contributed by atoms with Gasteiger partial charge in [0.25, 0.3) is 0 Å². The van der Waals surface area contributed by atoms with Crippen molar-refractivity contribution in [1.82, 2.24) is 4.90 Å². The standard InChI is InChI=1S/C22H26N4OS/c1-5-20-21(27)26(15-18-9-7-6-8-16(18)2)22(28-20)24-23-14-17-10-12-19(13-11-17)25(3)4/h6-14,20H,5,15H2,1-4H3. The monoisotopic (exact) mass is 394 g/mol. The van der Waals surface area contributed by atoms with Crippen LogP contribution in [0.25, 0.3) is 0 Å². The summed E-state index contributed by atoms with van der Waals surface area (Å²) in [5, 5.41) is 9.21. The Morgan fingerprint density at radius 1 is 1.14 bits per heavy atom. The van der Waals surface area contributed by atoms with E-state index in [0.717, 1.165) is 23.2 Å². The molecule has 0 spiro atoms. The molecule has 0 N–H and O–H groups in total. The number of amides is 1. The lowest BCUT2D eigenvalue weighted by molar-refractivity contribution is -0.126. The zero-order valence-corrected chi connectivity index (χ0v) is 17.6. The van der Waals surface area contributed by atoms with Crippen LogP contribution >= 0.6 is 11.8 Å². The van der Waals surface area contributed by atoms with Gasteiger partial charge in [-0.25, -0.2) is 0 Å². The first-order chi connectivity index (χ1) is 13.5.